The molecule has 2 aliphatic heterocycles. The smallest absolute Gasteiger partial charge is 0.271 e. The minimum Gasteiger partial charge on any atom is -0.474 e. The van der Waals surface area contributed by atoms with Crippen LogP contribution >= 0.6 is 0 Å². The van der Waals surface area contributed by atoms with Crippen LogP contribution in [0.15, 0.2) is 36.5 Å². The van der Waals surface area contributed by atoms with E-state index in [2.05, 4.69) is 35.4 Å². The summed E-state index contributed by atoms with van der Waals surface area (Å²) < 4.78 is 21.2. The standard InChI is InChI=1S/C32H39FN8O2/c1-19-18-34-31(38-28(19)36-27-10-9-26-29(37-27)39(4)30(42)32(2,3)43-26)35-22-7-8-24(23(33)17-22)40-11-13-41(14-12-40)25-16-20-5-6-21(25)15-20/h7-10,17-18,20-21,25H,5-6,11-16H2,1-4H3,(H2,34,35,36,37,38). The van der Waals surface area contributed by atoms with Crippen LogP contribution < -0.4 is 25.2 Å². The van der Waals surface area contributed by atoms with E-state index in [1.54, 1.807) is 39.2 Å². The van der Waals surface area contributed by atoms with Crippen LogP contribution in [0, 0.1) is 24.6 Å². The van der Waals surface area contributed by atoms with Gasteiger partial charge in [0.05, 0.1) is 5.69 Å². The molecular formula is C32H39FN8O2. The molecule has 7 rings (SSSR count). The Morgan fingerprint density at radius 1 is 1.02 bits per heavy atom. The number of nitrogens with one attached hydrogen (secondary N) is 2. The number of piperazine rings is 1. The zero-order valence-electron chi connectivity index (χ0n) is 25.2. The zero-order chi connectivity index (χ0) is 29.9. The lowest BCUT2D eigenvalue weighted by Gasteiger charge is -2.41. The van der Waals surface area contributed by atoms with E-state index in [1.165, 1.54) is 36.6 Å². The molecule has 2 saturated carbocycles. The summed E-state index contributed by atoms with van der Waals surface area (Å²) in [5.41, 5.74) is 1.06. The number of fused-ring (bicyclic) bond motifs is 3. The van der Waals surface area contributed by atoms with Crippen LogP contribution in [0.5, 0.6) is 5.75 Å². The number of aryl methyl sites for hydroxylation is 1. The van der Waals surface area contributed by atoms with Gasteiger partial charge in [-0.1, -0.05) is 6.42 Å². The number of rotatable bonds is 6. The van der Waals surface area contributed by atoms with Gasteiger partial charge in [-0.15, -0.1) is 0 Å². The van der Waals surface area contributed by atoms with E-state index in [4.69, 9.17) is 4.74 Å². The number of carbonyl (C=O) groups excluding carboxylic acids is 1. The topological polar surface area (TPSA) is 98.8 Å². The van der Waals surface area contributed by atoms with Gasteiger partial charge in [-0.25, -0.2) is 14.4 Å². The second kappa shape index (κ2) is 10.6. The molecule has 3 unspecified atom stereocenters. The summed E-state index contributed by atoms with van der Waals surface area (Å²) in [7, 11) is 1.68. The summed E-state index contributed by atoms with van der Waals surface area (Å²) in [5, 5.41) is 6.36. The molecule has 11 heteroatoms. The lowest BCUT2D eigenvalue weighted by atomic mass is 9.93. The average Bonchev–Trinajstić information content (AvgIpc) is 3.63. The molecule has 0 radical (unpaired) electrons. The molecule has 3 atom stereocenters. The number of pyridine rings is 1. The van der Waals surface area contributed by atoms with E-state index in [0.29, 0.717) is 40.5 Å². The molecule has 0 spiro atoms. The van der Waals surface area contributed by atoms with Crippen molar-refractivity contribution in [1.29, 1.82) is 0 Å². The van der Waals surface area contributed by atoms with Gasteiger partial charge in [0.25, 0.3) is 5.91 Å². The highest BCUT2D eigenvalue weighted by molar-refractivity contribution is 6.01. The Morgan fingerprint density at radius 2 is 1.84 bits per heavy atom. The third-order valence-corrected chi connectivity index (χ3v) is 9.59. The van der Waals surface area contributed by atoms with Crippen molar-refractivity contribution in [3.63, 3.8) is 0 Å². The molecule has 3 fully saturated rings. The van der Waals surface area contributed by atoms with E-state index < -0.39 is 5.60 Å². The maximum atomic E-state index is 15.3. The van der Waals surface area contributed by atoms with E-state index in [1.807, 2.05) is 19.1 Å². The van der Waals surface area contributed by atoms with Gasteiger partial charge >= 0.3 is 0 Å². The summed E-state index contributed by atoms with van der Waals surface area (Å²) in [4.78, 5) is 32.6. The first-order valence-electron chi connectivity index (χ1n) is 15.3. The van der Waals surface area contributed by atoms with Crippen LogP contribution in [0.2, 0.25) is 0 Å². The molecule has 2 aliphatic carbocycles. The quantitative estimate of drug-likeness (QED) is 0.401. The highest BCUT2D eigenvalue weighted by Gasteiger charge is 2.43. The summed E-state index contributed by atoms with van der Waals surface area (Å²) in [6.45, 7) is 9.04. The lowest BCUT2D eigenvalue weighted by molar-refractivity contribution is -0.132. The maximum Gasteiger partial charge on any atom is 0.271 e. The van der Waals surface area contributed by atoms with Crippen molar-refractivity contribution >= 4 is 40.7 Å². The SMILES string of the molecule is Cc1cnc(Nc2ccc(N3CCN(C4CC5CCC4C5)CC3)c(F)c2)nc1Nc1ccc2c(n1)N(C)C(=O)C(C)(C)O2. The van der Waals surface area contributed by atoms with Crippen LogP contribution in [0.25, 0.3) is 0 Å². The van der Waals surface area contributed by atoms with Crippen molar-refractivity contribution in [3.05, 3.63) is 47.9 Å². The second-order valence-corrected chi connectivity index (χ2v) is 12.9. The van der Waals surface area contributed by atoms with E-state index >= 15 is 4.39 Å². The Hall–Kier alpha value is -3.99. The lowest BCUT2D eigenvalue weighted by Crippen LogP contribution is -2.52. The molecule has 4 aliphatic rings. The molecule has 10 nitrogen and oxygen atoms in total. The zero-order valence-corrected chi connectivity index (χ0v) is 25.2. The van der Waals surface area contributed by atoms with E-state index in [0.717, 1.165) is 49.6 Å². The average molecular weight is 587 g/mol. The Balaban J connectivity index is 1.01. The molecule has 226 valence electrons. The molecule has 43 heavy (non-hydrogen) atoms. The summed E-state index contributed by atoms with van der Waals surface area (Å²) >= 11 is 0. The van der Waals surface area contributed by atoms with Crippen molar-refractivity contribution in [2.75, 3.05) is 53.7 Å². The Kier molecular flexibility index (Phi) is 6.87. The van der Waals surface area contributed by atoms with Crippen LogP contribution in [-0.2, 0) is 4.79 Å². The molecule has 1 aromatic carbocycles. The predicted molar refractivity (Wildman–Crippen MR) is 165 cm³/mol. The number of aromatic nitrogens is 3. The third kappa shape index (κ3) is 5.24. The molecule has 2 aromatic heterocycles. The van der Waals surface area contributed by atoms with Crippen LogP contribution in [-0.4, -0.2) is 70.6 Å². The van der Waals surface area contributed by atoms with E-state index in [-0.39, 0.29) is 11.7 Å². The monoisotopic (exact) mass is 586 g/mol. The number of anilines is 6. The fourth-order valence-corrected chi connectivity index (χ4v) is 7.32. The second-order valence-electron chi connectivity index (χ2n) is 12.9. The van der Waals surface area contributed by atoms with Crippen molar-refractivity contribution in [2.45, 2.75) is 58.1 Å². The fourth-order valence-electron chi connectivity index (χ4n) is 7.32. The molecule has 3 aromatic rings. The van der Waals surface area contributed by atoms with Gasteiger partial charge in [0.15, 0.2) is 17.2 Å². The minimum atomic E-state index is -0.955. The van der Waals surface area contributed by atoms with Gasteiger partial charge in [0.2, 0.25) is 5.95 Å². The first kappa shape index (κ1) is 27.8. The van der Waals surface area contributed by atoms with Gasteiger partial charge < -0.3 is 20.3 Å². The van der Waals surface area contributed by atoms with Gasteiger partial charge in [-0.3, -0.25) is 14.6 Å². The maximum absolute atomic E-state index is 15.3. The largest absolute Gasteiger partial charge is 0.474 e. The first-order chi connectivity index (χ1) is 20.6. The molecular weight excluding hydrogens is 547 g/mol. The van der Waals surface area contributed by atoms with Gasteiger partial charge in [0.1, 0.15) is 17.5 Å². The number of benzene rings is 1. The molecule has 1 saturated heterocycles. The molecule has 2 N–H and O–H groups in total. The molecule has 4 heterocycles. The van der Waals surface area contributed by atoms with Crippen molar-refractivity contribution < 1.29 is 13.9 Å². The highest BCUT2D eigenvalue weighted by atomic mass is 19.1. The minimum absolute atomic E-state index is 0.175. The van der Waals surface area contributed by atoms with Crippen LogP contribution in [0.3, 0.4) is 0 Å². The summed E-state index contributed by atoms with van der Waals surface area (Å²) in [6, 6.07) is 9.52. The van der Waals surface area contributed by atoms with Gasteiger partial charge in [-0.05, 0) is 82.2 Å². The first-order valence-corrected chi connectivity index (χ1v) is 15.3. The number of hydrogen-bond donors (Lipinski definition) is 2. The third-order valence-electron chi connectivity index (χ3n) is 9.59. The van der Waals surface area contributed by atoms with Crippen molar-refractivity contribution in [1.82, 2.24) is 19.9 Å². The number of hydrogen-bond acceptors (Lipinski definition) is 9. The number of carbonyl (C=O) groups is 1. The van der Waals surface area contributed by atoms with Gasteiger partial charge in [-0.2, -0.15) is 4.98 Å². The number of halogens is 1. The Bertz CT molecular complexity index is 1560. The Morgan fingerprint density at radius 3 is 2.56 bits per heavy atom. The number of likely N-dealkylation sites (N-methyl/N-ethyl adjacent to an activating group) is 1. The molecule has 2 bridgehead atoms. The van der Waals surface area contributed by atoms with Crippen molar-refractivity contribution in [2.24, 2.45) is 11.8 Å². The van der Waals surface area contributed by atoms with E-state index in [9.17, 15) is 4.79 Å². The summed E-state index contributed by atoms with van der Waals surface area (Å²) in [6.07, 6.45) is 7.26. The fraction of sp³-hybridized carbons (Fsp3) is 0.500. The van der Waals surface area contributed by atoms with Crippen LogP contribution in [0.1, 0.15) is 45.1 Å². The normalized spacial score (nSPS) is 24.6. The molecule has 1 amide bonds. The summed E-state index contributed by atoms with van der Waals surface area (Å²) in [5.74, 6) is 3.72. The Labute approximate surface area is 251 Å². The van der Waals surface area contributed by atoms with Crippen LogP contribution in [0.4, 0.5) is 39.2 Å². The highest BCUT2D eigenvalue weighted by Crippen LogP contribution is 2.47. The number of amides is 1. The van der Waals surface area contributed by atoms with Gasteiger partial charge in [0, 0.05) is 56.7 Å². The van der Waals surface area contributed by atoms with Crippen molar-refractivity contribution in [3.8, 4) is 5.75 Å². The predicted octanol–water partition coefficient (Wildman–Crippen LogP) is 5.25. The number of nitrogens with zero attached hydrogens (tertiary/aromatic N) is 6. The number of ether oxygens (including phenoxy) is 1.